The molecule has 0 saturated heterocycles. The summed E-state index contributed by atoms with van der Waals surface area (Å²) in [4.78, 5) is 28.3. The van der Waals surface area contributed by atoms with Crippen molar-refractivity contribution in [3.63, 3.8) is 0 Å². The highest BCUT2D eigenvalue weighted by Gasteiger charge is 2.25. The van der Waals surface area contributed by atoms with Crippen LogP contribution in [0.3, 0.4) is 0 Å². The number of aryl methyl sites for hydroxylation is 1. The van der Waals surface area contributed by atoms with E-state index in [4.69, 9.17) is 0 Å². The average Bonchev–Trinajstić information content (AvgIpc) is 3.10. The lowest BCUT2D eigenvalue weighted by atomic mass is 10.1. The first-order valence-electron chi connectivity index (χ1n) is 7.55. The zero-order chi connectivity index (χ0) is 15.2. The van der Waals surface area contributed by atoms with Gasteiger partial charge in [-0.3, -0.25) is 9.59 Å². The summed E-state index contributed by atoms with van der Waals surface area (Å²) >= 11 is 1.61. The van der Waals surface area contributed by atoms with E-state index in [0.29, 0.717) is 6.54 Å². The Morgan fingerprint density at radius 2 is 2.14 bits per heavy atom. The Morgan fingerprint density at radius 1 is 1.43 bits per heavy atom. The van der Waals surface area contributed by atoms with Crippen LogP contribution in [-0.4, -0.2) is 29.4 Å². The van der Waals surface area contributed by atoms with E-state index in [-0.39, 0.29) is 17.7 Å². The SMILES string of the molecule is Cc1nc(CCNC(=O)[C@H](C)NC(=O)C2CCCC2)cs1. The molecule has 2 amide bonds. The van der Waals surface area contributed by atoms with Gasteiger partial charge >= 0.3 is 0 Å². The van der Waals surface area contributed by atoms with Gasteiger partial charge in [-0.1, -0.05) is 12.8 Å². The summed E-state index contributed by atoms with van der Waals surface area (Å²) in [6.45, 7) is 4.24. The van der Waals surface area contributed by atoms with Crippen LogP contribution in [0.15, 0.2) is 5.38 Å². The fourth-order valence-electron chi connectivity index (χ4n) is 2.57. The van der Waals surface area contributed by atoms with Crippen LogP contribution >= 0.6 is 11.3 Å². The topological polar surface area (TPSA) is 71.1 Å². The molecule has 116 valence electrons. The average molecular weight is 309 g/mol. The fourth-order valence-corrected chi connectivity index (χ4v) is 3.22. The van der Waals surface area contributed by atoms with Crippen LogP contribution in [0.5, 0.6) is 0 Å². The molecule has 0 radical (unpaired) electrons. The molecule has 1 atom stereocenters. The van der Waals surface area contributed by atoms with E-state index in [1.54, 1.807) is 18.3 Å². The van der Waals surface area contributed by atoms with Crippen LogP contribution < -0.4 is 10.6 Å². The molecular weight excluding hydrogens is 286 g/mol. The second-order valence-corrected chi connectivity index (χ2v) is 6.67. The quantitative estimate of drug-likeness (QED) is 0.842. The standard InChI is InChI=1S/C15H23N3O2S/c1-10(17-15(20)12-5-3-4-6-12)14(19)16-8-7-13-9-21-11(2)18-13/h9-10,12H,3-8H2,1-2H3,(H,16,19)(H,17,20)/t10-/m0/s1. The van der Waals surface area contributed by atoms with Crippen LogP contribution in [0.2, 0.25) is 0 Å². The van der Waals surface area contributed by atoms with Gasteiger partial charge in [0, 0.05) is 24.3 Å². The lowest BCUT2D eigenvalue weighted by Gasteiger charge is -2.16. The molecule has 1 aromatic rings. The first-order chi connectivity index (χ1) is 10.1. The van der Waals surface area contributed by atoms with Crippen LogP contribution in [0.4, 0.5) is 0 Å². The molecule has 6 heteroatoms. The number of hydrogen-bond acceptors (Lipinski definition) is 4. The van der Waals surface area contributed by atoms with Crippen LogP contribution in [0, 0.1) is 12.8 Å². The van der Waals surface area contributed by atoms with Gasteiger partial charge in [0.1, 0.15) is 6.04 Å². The van der Waals surface area contributed by atoms with Gasteiger partial charge in [0.2, 0.25) is 11.8 Å². The van der Waals surface area contributed by atoms with Crippen LogP contribution in [0.25, 0.3) is 0 Å². The van der Waals surface area contributed by atoms with E-state index >= 15 is 0 Å². The zero-order valence-corrected chi connectivity index (χ0v) is 13.5. The molecule has 0 aliphatic heterocycles. The van der Waals surface area contributed by atoms with E-state index in [2.05, 4.69) is 15.6 Å². The Morgan fingerprint density at radius 3 is 2.76 bits per heavy atom. The highest BCUT2D eigenvalue weighted by molar-refractivity contribution is 7.09. The highest BCUT2D eigenvalue weighted by Crippen LogP contribution is 2.24. The molecule has 0 bridgehead atoms. The van der Waals surface area contributed by atoms with E-state index in [1.807, 2.05) is 12.3 Å². The number of carbonyl (C=O) groups excluding carboxylic acids is 2. The Bertz CT molecular complexity index is 495. The molecule has 21 heavy (non-hydrogen) atoms. The summed E-state index contributed by atoms with van der Waals surface area (Å²) < 4.78 is 0. The van der Waals surface area contributed by atoms with Crippen molar-refractivity contribution < 1.29 is 9.59 Å². The third kappa shape index (κ3) is 4.81. The van der Waals surface area contributed by atoms with E-state index in [1.165, 1.54) is 0 Å². The second kappa shape index (κ2) is 7.54. The van der Waals surface area contributed by atoms with Crippen molar-refractivity contribution in [3.05, 3.63) is 16.1 Å². The molecule has 1 saturated carbocycles. The Labute approximate surface area is 129 Å². The van der Waals surface area contributed by atoms with Gasteiger partial charge in [-0.2, -0.15) is 0 Å². The number of carbonyl (C=O) groups is 2. The summed E-state index contributed by atoms with van der Waals surface area (Å²) in [7, 11) is 0. The molecule has 1 heterocycles. The van der Waals surface area contributed by atoms with Crippen molar-refractivity contribution in [2.75, 3.05) is 6.54 Å². The maximum atomic E-state index is 12.0. The minimum atomic E-state index is -0.477. The number of thiazole rings is 1. The Hall–Kier alpha value is -1.43. The van der Waals surface area contributed by atoms with Gasteiger partial charge in [0.25, 0.3) is 0 Å². The zero-order valence-electron chi connectivity index (χ0n) is 12.6. The summed E-state index contributed by atoms with van der Waals surface area (Å²) in [5.41, 5.74) is 1.00. The summed E-state index contributed by atoms with van der Waals surface area (Å²) in [6, 6.07) is -0.477. The Balaban J connectivity index is 1.68. The highest BCUT2D eigenvalue weighted by atomic mass is 32.1. The summed E-state index contributed by atoms with van der Waals surface area (Å²) in [5, 5.41) is 8.70. The molecule has 2 N–H and O–H groups in total. The minimum absolute atomic E-state index is 0.0188. The summed E-state index contributed by atoms with van der Waals surface area (Å²) in [5.74, 6) is -0.0168. The predicted octanol–water partition coefficient (Wildman–Crippen LogP) is 1.81. The molecule has 0 spiro atoms. The summed E-state index contributed by atoms with van der Waals surface area (Å²) in [6.07, 6.45) is 4.85. The van der Waals surface area contributed by atoms with Crippen molar-refractivity contribution in [3.8, 4) is 0 Å². The van der Waals surface area contributed by atoms with Crippen LogP contribution in [0.1, 0.15) is 43.3 Å². The smallest absolute Gasteiger partial charge is 0.242 e. The van der Waals surface area contributed by atoms with Gasteiger partial charge in [-0.05, 0) is 26.7 Å². The van der Waals surface area contributed by atoms with E-state index in [9.17, 15) is 9.59 Å². The second-order valence-electron chi connectivity index (χ2n) is 5.61. The molecule has 0 unspecified atom stereocenters. The number of hydrogen-bond donors (Lipinski definition) is 2. The van der Waals surface area contributed by atoms with E-state index < -0.39 is 6.04 Å². The maximum Gasteiger partial charge on any atom is 0.242 e. The molecule has 1 aromatic heterocycles. The lowest BCUT2D eigenvalue weighted by Crippen LogP contribution is -2.46. The minimum Gasteiger partial charge on any atom is -0.354 e. The van der Waals surface area contributed by atoms with Crippen molar-refractivity contribution in [2.45, 2.75) is 52.0 Å². The molecule has 2 rings (SSSR count). The monoisotopic (exact) mass is 309 g/mol. The molecule has 1 aliphatic rings. The fraction of sp³-hybridized carbons (Fsp3) is 0.667. The third-order valence-corrected chi connectivity index (χ3v) is 4.65. The number of nitrogens with one attached hydrogen (secondary N) is 2. The molecule has 1 aliphatic carbocycles. The van der Waals surface area contributed by atoms with Crippen molar-refractivity contribution in [1.29, 1.82) is 0 Å². The molecule has 0 aromatic carbocycles. The molecular formula is C15H23N3O2S. The number of rotatable bonds is 6. The van der Waals surface area contributed by atoms with Crippen LogP contribution in [-0.2, 0) is 16.0 Å². The largest absolute Gasteiger partial charge is 0.354 e. The normalized spacial score (nSPS) is 16.7. The lowest BCUT2D eigenvalue weighted by molar-refractivity contribution is -0.130. The van der Waals surface area contributed by atoms with Gasteiger partial charge in [-0.15, -0.1) is 11.3 Å². The number of nitrogens with zero attached hydrogens (tertiary/aromatic N) is 1. The van der Waals surface area contributed by atoms with Gasteiger partial charge in [-0.25, -0.2) is 4.98 Å². The first-order valence-corrected chi connectivity index (χ1v) is 8.43. The van der Waals surface area contributed by atoms with Crippen molar-refractivity contribution in [2.24, 2.45) is 5.92 Å². The Kier molecular flexibility index (Phi) is 5.73. The third-order valence-electron chi connectivity index (χ3n) is 3.82. The number of amides is 2. The van der Waals surface area contributed by atoms with Gasteiger partial charge in [0.15, 0.2) is 0 Å². The van der Waals surface area contributed by atoms with E-state index in [0.717, 1.165) is 42.8 Å². The molecule has 5 nitrogen and oxygen atoms in total. The maximum absolute atomic E-state index is 12.0. The first kappa shape index (κ1) is 15.9. The molecule has 1 fully saturated rings. The van der Waals surface area contributed by atoms with Crippen molar-refractivity contribution >= 4 is 23.2 Å². The van der Waals surface area contributed by atoms with Crippen molar-refractivity contribution in [1.82, 2.24) is 15.6 Å². The predicted molar refractivity (Wildman–Crippen MR) is 83.1 cm³/mol. The number of aromatic nitrogens is 1. The van der Waals surface area contributed by atoms with Gasteiger partial charge < -0.3 is 10.6 Å². The van der Waals surface area contributed by atoms with Gasteiger partial charge in [0.05, 0.1) is 10.7 Å².